The van der Waals surface area contributed by atoms with Crippen LogP contribution in [0.3, 0.4) is 0 Å². The second kappa shape index (κ2) is 3.87. The maximum atomic E-state index is 11.8. The number of carbonyl (C=O) groups is 1. The zero-order valence-corrected chi connectivity index (χ0v) is 8.54. The molecule has 0 radical (unpaired) electrons. The highest BCUT2D eigenvalue weighted by atomic mass is 16.6. The van der Waals surface area contributed by atoms with E-state index in [0.29, 0.717) is 25.7 Å². The van der Waals surface area contributed by atoms with Gasteiger partial charge in [-0.25, -0.2) is 4.79 Å². The van der Waals surface area contributed by atoms with E-state index in [1.807, 2.05) is 6.92 Å². The molecular weight excluding hydrogens is 182 g/mol. The molecule has 14 heavy (non-hydrogen) atoms. The topological polar surface area (TPSA) is 47.6 Å². The van der Waals surface area contributed by atoms with Gasteiger partial charge >= 0.3 is 5.97 Å². The summed E-state index contributed by atoms with van der Waals surface area (Å²) >= 11 is 0. The van der Waals surface area contributed by atoms with Gasteiger partial charge in [0.2, 0.25) is 0 Å². The van der Waals surface area contributed by atoms with Gasteiger partial charge in [0.25, 0.3) is 0 Å². The third-order valence-corrected chi connectivity index (χ3v) is 3.12. The number of rotatable bonds is 2. The first-order valence-electron chi connectivity index (χ1n) is 5.31. The molecule has 2 aliphatic heterocycles. The van der Waals surface area contributed by atoms with Crippen molar-refractivity contribution >= 4 is 5.97 Å². The van der Waals surface area contributed by atoms with Crippen LogP contribution in [0, 0.1) is 5.92 Å². The van der Waals surface area contributed by atoms with E-state index in [4.69, 9.17) is 9.47 Å². The summed E-state index contributed by atoms with van der Waals surface area (Å²) in [6.07, 6.45) is 2.11. The summed E-state index contributed by atoms with van der Waals surface area (Å²) in [6, 6.07) is 0. The van der Waals surface area contributed by atoms with Gasteiger partial charge in [-0.15, -0.1) is 0 Å². The van der Waals surface area contributed by atoms with E-state index in [0.717, 1.165) is 19.4 Å². The summed E-state index contributed by atoms with van der Waals surface area (Å²) in [5.74, 6) is 0.116. The van der Waals surface area contributed by atoms with Crippen LogP contribution in [0.2, 0.25) is 0 Å². The van der Waals surface area contributed by atoms with E-state index in [-0.39, 0.29) is 5.97 Å². The Balaban J connectivity index is 2.13. The van der Waals surface area contributed by atoms with Crippen molar-refractivity contribution in [3.8, 4) is 0 Å². The van der Waals surface area contributed by atoms with E-state index in [1.54, 1.807) is 0 Å². The number of ether oxygens (including phenoxy) is 2. The van der Waals surface area contributed by atoms with Crippen LogP contribution in [-0.4, -0.2) is 37.9 Å². The predicted octanol–water partition coefficient (Wildman–Crippen LogP) is 0.318. The van der Waals surface area contributed by atoms with Gasteiger partial charge in [-0.3, -0.25) is 0 Å². The second-order valence-corrected chi connectivity index (χ2v) is 3.93. The van der Waals surface area contributed by atoms with Crippen LogP contribution in [0.25, 0.3) is 0 Å². The summed E-state index contributed by atoms with van der Waals surface area (Å²) in [5, 5.41) is 3.22. The molecule has 2 atom stereocenters. The Kier molecular flexibility index (Phi) is 2.74. The molecule has 2 heterocycles. The molecule has 0 aromatic heterocycles. The van der Waals surface area contributed by atoms with Gasteiger partial charge in [-0.05, 0) is 19.8 Å². The smallest absolute Gasteiger partial charge is 0.340 e. The van der Waals surface area contributed by atoms with Gasteiger partial charge in [-0.1, -0.05) is 0 Å². The lowest BCUT2D eigenvalue weighted by atomic mass is 9.85. The van der Waals surface area contributed by atoms with Crippen molar-refractivity contribution in [2.24, 2.45) is 5.92 Å². The van der Waals surface area contributed by atoms with E-state index in [9.17, 15) is 4.79 Å². The van der Waals surface area contributed by atoms with E-state index < -0.39 is 5.60 Å². The molecule has 2 saturated heterocycles. The summed E-state index contributed by atoms with van der Waals surface area (Å²) in [6.45, 7) is 4.41. The SMILES string of the molecule is CCOC(=O)[C@]12CNC[C@H]1CCCO2. The highest BCUT2D eigenvalue weighted by Gasteiger charge is 2.52. The number of hydrogen-bond donors (Lipinski definition) is 1. The van der Waals surface area contributed by atoms with Crippen molar-refractivity contribution in [2.75, 3.05) is 26.3 Å². The fraction of sp³-hybridized carbons (Fsp3) is 0.900. The third kappa shape index (κ3) is 1.42. The van der Waals surface area contributed by atoms with Crippen molar-refractivity contribution in [2.45, 2.75) is 25.4 Å². The Morgan fingerprint density at radius 2 is 2.57 bits per heavy atom. The minimum absolute atomic E-state index is 0.185. The average molecular weight is 199 g/mol. The molecule has 2 rings (SSSR count). The highest BCUT2D eigenvalue weighted by Crippen LogP contribution is 2.35. The summed E-state index contributed by atoms with van der Waals surface area (Å²) in [5.41, 5.74) is -0.672. The summed E-state index contributed by atoms with van der Waals surface area (Å²) in [7, 11) is 0. The van der Waals surface area contributed by atoms with Crippen molar-refractivity contribution in [3.05, 3.63) is 0 Å². The van der Waals surface area contributed by atoms with Crippen LogP contribution in [0.1, 0.15) is 19.8 Å². The van der Waals surface area contributed by atoms with Gasteiger partial charge in [0.15, 0.2) is 5.60 Å². The standard InChI is InChI=1S/C10H17NO3/c1-2-13-9(12)10-7-11-6-8(10)4-3-5-14-10/h8,11H,2-7H2,1H3/t8-,10+/m1/s1. The number of hydrogen-bond acceptors (Lipinski definition) is 4. The van der Waals surface area contributed by atoms with Crippen molar-refractivity contribution in [1.82, 2.24) is 5.32 Å². The van der Waals surface area contributed by atoms with Crippen molar-refractivity contribution in [1.29, 1.82) is 0 Å². The number of nitrogens with one attached hydrogen (secondary N) is 1. The molecule has 0 spiro atoms. The maximum absolute atomic E-state index is 11.8. The molecule has 0 aliphatic carbocycles. The first-order chi connectivity index (χ1) is 6.79. The minimum Gasteiger partial charge on any atom is -0.464 e. The first kappa shape index (κ1) is 9.93. The van der Waals surface area contributed by atoms with E-state index in [1.165, 1.54) is 0 Å². The lowest BCUT2D eigenvalue weighted by Gasteiger charge is -2.35. The van der Waals surface area contributed by atoms with Crippen molar-refractivity contribution in [3.63, 3.8) is 0 Å². The molecule has 0 aromatic carbocycles. The maximum Gasteiger partial charge on any atom is 0.340 e. The average Bonchev–Trinajstić information content (AvgIpc) is 2.62. The molecule has 0 bridgehead atoms. The molecule has 80 valence electrons. The van der Waals surface area contributed by atoms with E-state index in [2.05, 4.69) is 5.32 Å². The van der Waals surface area contributed by atoms with Crippen LogP contribution < -0.4 is 5.32 Å². The van der Waals surface area contributed by atoms with Crippen LogP contribution in [0.15, 0.2) is 0 Å². The van der Waals surface area contributed by atoms with Crippen molar-refractivity contribution < 1.29 is 14.3 Å². The third-order valence-electron chi connectivity index (χ3n) is 3.12. The van der Waals surface area contributed by atoms with Crippen LogP contribution >= 0.6 is 0 Å². The lowest BCUT2D eigenvalue weighted by Crippen LogP contribution is -2.52. The molecule has 4 heteroatoms. The first-order valence-corrected chi connectivity index (χ1v) is 5.31. The molecule has 0 unspecified atom stereocenters. The van der Waals surface area contributed by atoms with Gasteiger partial charge in [-0.2, -0.15) is 0 Å². The Morgan fingerprint density at radius 3 is 3.36 bits per heavy atom. The fourth-order valence-corrected chi connectivity index (χ4v) is 2.38. The molecular formula is C10H17NO3. The van der Waals surface area contributed by atoms with Crippen LogP contribution in [0.5, 0.6) is 0 Å². The monoisotopic (exact) mass is 199 g/mol. The van der Waals surface area contributed by atoms with E-state index >= 15 is 0 Å². The van der Waals surface area contributed by atoms with Gasteiger partial charge in [0.05, 0.1) is 6.61 Å². The quantitative estimate of drug-likeness (QED) is 0.651. The van der Waals surface area contributed by atoms with Gasteiger partial charge < -0.3 is 14.8 Å². The number of carbonyl (C=O) groups excluding carboxylic acids is 1. The predicted molar refractivity (Wildman–Crippen MR) is 50.9 cm³/mol. The molecule has 2 fully saturated rings. The van der Waals surface area contributed by atoms with Gasteiger partial charge in [0.1, 0.15) is 0 Å². The highest BCUT2D eigenvalue weighted by molar-refractivity contribution is 5.81. The molecule has 2 aliphatic rings. The summed E-state index contributed by atoms with van der Waals surface area (Å²) < 4.78 is 10.7. The Bertz CT molecular complexity index is 231. The second-order valence-electron chi connectivity index (χ2n) is 3.93. The Hall–Kier alpha value is -0.610. The molecule has 1 N–H and O–H groups in total. The fourth-order valence-electron chi connectivity index (χ4n) is 2.38. The molecule has 0 saturated carbocycles. The largest absolute Gasteiger partial charge is 0.464 e. The normalized spacial score (nSPS) is 36.5. The molecule has 4 nitrogen and oxygen atoms in total. The zero-order valence-electron chi connectivity index (χ0n) is 8.54. The van der Waals surface area contributed by atoms with Crippen LogP contribution in [-0.2, 0) is 14.3 Å². The number of fused-ring (bicyclic) bond motifs is 1. The lowest BCUT2D eigenvalue weighted by molar-refractivity contribution is -0.181. The zero-order chi connectivity index (χ0) is 10.0. The molecule has 0 aromatic rings. The van der Waals surface area contributed by atoms with Gasteiger partial charge in [0, 0.05) is 25.6 Å². The minimum atomic E-state index is -0.672. The summed E-state index contributed by atoms with van der Waals surface area (Å²) in [4.78, 5) is 11.8. The Labute approximate surface area is 84.0 Å². The number of esters is 1. The Morgan fingerprint density at radius 1 is 1.71 bits per heavy atom. The van der Waals surface area contributed by atoms with Crippen LogP contribution in [0.4, 0.5) is 0 Å². The molecule has 0 amide bonds.